The molecule has 1 N–H and O–H groups in total. The van der Waals surface area contributed by atoms with Crippen molar-refractivity contribution in [1.29, 1.82) is 0 Å². The van der Waals surface area contributed by atoms with E-state index in [9.17, 15) is 19.5 Å². The summed E-state index contributed by atoms with van der Waals surface area (Å²) < 4.78 is 0. The van der Waals surface area contributed by atoms with Gasteiger partial charge in [-0.15, -0.1) is 0 Å². The van der Waals surface area contributed by atoms with Gasteiger partial charge in [0, 0.05) is 12.6 Å². The third kappa shape index (κ3) is 1.64. The fourth-order valence-corrected chi connectivity index (χ4v) is 2.18. The largest absolute Gasteiger partial charge is 0.372 e. The molecule has 0 saturated carbocycles. The van der Waals surface area contributed by atoms with E-state index in [1.54, 1.807) is 18.2 Å². The molecule has 1 unspecified atom stereocenters. The summed E-state index contributed by atoms with van der Waals surface area (Å²) in [5.41, 5.74) is -1.57. The molecule has 1 amide bonds. The smallest absolute Gasteiger partial charge is 0.267 e. The molecular formula is C13H13NO4. The first kappa shape index (κ1) is 12.4. The minimum atomic E-state index is -2.27. The van der Waals surface area contributed by atoms with Crippen LogP contribution in [0.4, 0.5) is 5.69 Å². The number of fused-ring (bicyclic) bond motifs is 1. The highest BCUT2D eigenvalue weighted by Crippen LogP contribution is 2.33. The molecule has 0 saturated heterocycles. The van der Waals surface area contributed by atoms with E-state index in [1.165, 1.54) is 24.9 Å². The lowest BCUT2D eigenvalue weighted by Gasteiger charge is -2.35. The molecule has 5 heteroatoms. The van der Waals surface area contributed by atoms with Crippen LogP contribution in [0, 0.1) is 0 Å². The van der Waals surface area contributed by atoms with Crippen molar-refractivity contribution in [3.8, 4) is 0 Å². The molecule has 18 heavy (non-hydrogen) atoms. The van der Waals surface area contributed by atoms with E-state index in [-0.39, 0.29) is 5.56 Å². The topological polar surface area (TPSA) is 74.7 Å². The van der Waals surface area contributed by atoms with Crippen LogP contribution < -0.4 is 4.90 Å². The predicted octanol–water partition coefficient (Wildman–Crippen LogP) is 0.556. The number of Topliss-reactive ketones (excluding diaryl/α,β-unsaturated/α-hetero) is 2. The zero-order valence-electron chi connectivity index (χ0n) is 10.1. The summed E-state index contributed by atoms with van der Waals surface area (Å²) in [6, 6.07) is 6.50. The molecule has 1 atom stereocenters. The fraction of sp³-hybridized carbons (Fsp3) is 0.308. The molecule has 5 nitrogen and oxygen atoms in total. The SMILES string of the molecule is CC(=O)CC1(O)C(=O)c2ccccc2N(C)C1=O. The van der Waals surface area contributed by atoms with Gasteiger partial charge in [0.1, 0.15) is 5.78 Å². The summed E-state index contributed by atoms with van der Waals surface area (Å²) in [7, 11) is 1.47. The Balaban J connectivity index is 2.58. The Hall–Kier alpha value is -2.01. The van der Waals surface area contributed by atoms with Crippen molar-refractivity contribution in [2.24, 2.45) is 0 Å². The number of ketones is 2. The number of hydrogen-bond donors (Lipinski definition) is 1. The highest BCUT2D eigenvalue weighted by Gasteiger charge is 2.51. The molecule has 1 aliphatic rings. The van der Waals surface area contributed by atoms with Crippen molar-refractivity contribution < 1.29 is 19.5 Å². The van der Waals surface area contributed by atoms with Gasteiger partial charge in [0.25, 0.3) is 5.91 Å². The van der Waals surface area contributed by atoms with Crippen LogP contribution in [0.3, 0.4) is 0 Å². The van der Waals surface area contributed by atoms with Gasteiger partial charge in [-0.3, -0.25) is 14.4 Å². The van der Waals surface area contributed by atoms with Crippen LogP contribution in [0.25, 0.3) is 0 Å². The fourth-order valence-electron chi connectivity index (χ4n) is 2.18. The molecule has 0 aromatic heterocycles. The molecular weight excluding hydrogens is 234 g/mol. The second-order valence-corrected chi connectivity index (χ2v) is 4.45. The minimum Gasteiger partial charge on any atom is -0.372 e. The van der Waals surface area contributed by atoms with Crippen LogP contribution in [0.5, 0.6) is 0 Å². The third-order valence-corrected chi connectivity index (χ3v) is 3.05. The van der Waals surface area contributed by atoms with Crippen LogP contribution in [0.1, 0.15) is 23.7 Å². The highest BCUT2D eigenvalue weighted by molar-refractivity contribution is 6.28. The number of carbonyl (C=O) groups excluding carboxylic acids is 3. The average Bonchev–Trinajstić information content (AvgIpc) is 2.33. The van der Waals surface area contributed by atoms with Gasteiger partial charge in [-0.1, -0.05) is 12.1 Å². The van der Waals surface area contributed by atoms with Crippen molar-refractivity contribution in [2.45, 2.75) is 18.9 Å². The molecule has 1 aromatic carbocycles. The summed E-state index contributed by atoms with van der Waals surface area (Å²) >= 11 is 0. The number of amides is 1. The Kier molecular flexibility index (Phi) is 2.78. The van der Waals surface area contributed by atoms with Gasteiger partial charge in [-0.25, -0.2) is 0 Å². The first-order chi connectivity index (χ1) is 8.38. The van der Waals surface area contributed by atoms with E-state index in [1.807, 2.05) is 0 Å². The zero-order valence-corrected chi connectivity index (χ0v) is 10.1. The van der Waals surface area contributed by atoms with E-state index in [0.717, 1.165) is 0 Å². The highest BCUT2D eigenvalue weighted by atomic mass is 16.3. The second-order valence-electron chi connectivity index (χ2n) is 4.45. The third-order valence-electron chi connectivity index (χ3n) is 3.05. The Bertz CT molecular complexity index is 552. The summed E-state index contributed by atoms with van der Waals surface area (Å²) in [5.74, 6) is -1.88. The molecule has 1 aliphatic heterocycles. The predicted molar refractivity (Wildman–Crippen MR) is 64.4 cm³/mol. The Morgan fingerprint density at radius 1 is 1.33 bits per heavy atom. The molecule has 1 aromatic rings. The van der Waals surface area contributed by atoms with Gasteiger partial charge >= 0.3 is 0 Å². The number of aliphatic hydroxyl groups is 1. The molecule has 2 rings (SSSR count). The number of carbonyl (C=O) groups is 3. The minimum absolute atomic E-state index is 0.253. The van der Waals surface area contributed by atoms with E-state index in [4.69, 9.17) is 0 Å². The van der Waals surface area contributed by atoms with Crippen molar-refractivity contribution in [1.82, 2.24) is 0 Å². The maximum Gasteiger partial charge on any atom is 0.267 e. The first-order valence-corrected chi connectivity index (χ1v) is 5.51. The van der Waals surface area contributed by atoms with Gasteiger partial charge in [-0.05, 0) is 19.1 Å². The number of benzene rings is 1. The number of anilines is 1. The molecule has 0 bridgehead atoms. The molecule has 0 spiro atoms. The van der Waals surface area contributed by atoms with E-state index in [2.05, 4.69) is 0 Å². The monoisotopic (exact) mass is 247 g/mol. The maximum absolute atomic E-state index is 12.2. The number of likely N-dealkylation sites (N-methyl/N-ethyl adjacent to an activating group) is 1. The molecule has 1 heterocycles. The molecule has 0 radical (unpaired) electrons. The van der Waals surface area contributed by atoms with Crippen LogP contribution >= 0.6 is 0 Å². The number of rotatable bonds is 2. The van der Waals surface area contributed by atoms with Crippen molar-refractivity contribution >= 4 is 23.2 Å². The lowest BCUT2D eigenvalue weighted by atomic mass is 9.83. The number of hydrogen-bond acceptors (Lipinski definition) is 4. The average molecular weight is 247 g/mol. The quantitative estimate of drug-likeness (QED) is 0.775. The lowest BCUT2D eigenvalue weighted by Crippen LogP contribution is -2.57. The standard InChI is InChI=1S/C13H13NO4/c1-8(15)7-13(18)11(16)9-5-3-4-6-10(9)14(2)12(13)17/h3-6,18H,7H2,1-2H3. The molecule has 0 fully saturated rings. The van der Waals surface area contributed by atoms with Crippen LogP contribution in [-0.4, -0.2) is 35.2 Å². The van der Waals surface area contributed by atoms with Gasteiger partial charge in [0.05, 0.1) is 12.1 Å². The summed E-state index contributed by atoms with van der Waals surface area (Å²) in [6.45, 7) is 1.24. The molecule has 0 aliphatic carbocycles. The van der Waals surface area contributed by atoms with Crippen LogP contribution in [0.15, 0.2) is 24.3 Å². The summed E-state index contributed by atoms with van der Waals surface area (Å²) in [6.07, 6.45) is -0.497. The van der Waals surface area contributed by atoms with E-state index >= 15 is 0 Å². The van der Waals surface area contributed by atoms with Crippen LogP contribution in [0.2, 0.25) is 0 Å². The lowest BCUT2D eigenvalue weighted by molar-refractivity contribution is -0.137. The summed E-state index contributed by atoms with van der Waals surface area (Å²) in [4.78, 5) is 36.6. The molecule has 94 valence electrons. The van der Waals surface area contributed by atoms with Crippen LogP contribution in [-0.2, 0) is 9.59 Å². The van der Waals surface area contributed by atoms with E-state index < -0.39 is 29.5 Å². The van der Waals surface area contributed by atoms with Gasteiger partial charge in [-0.2, -0.15) is 0 Å². The van der Waals surface area contributed by atoms with Gasteiger partial charge in [0.15, 0.2) is 0 Å². The maximum atomic E-state index is 12.2. The van der Waals surface area contributed by atoms with E-state index in [0.29, 0.717) is 5.69 Å². The van der Waals surface area contributed by atoms with Gasteiger partial charge < -0.3 is 10.0 Å². The number of nitrogens with zero attached hydrogens (tertiary/aromatic N) is 1. The normalized spacial score (nSPS) is 22.9. The van der Waals surface area contributed by atoms with Crippen molar-refractivity contribution in [2.75, 3.05) is 11.9 Å². The first-order valence-electron chi connectivity index (χ1n) is 5.51. The Morgan fingerprint density at radius 3 is 2.56 bits per heavy atom. The second kappa shape index (κ2) is 4.03. The van der Waals surface area contributed by atoms with Gasteiger partial charge in [0.2, 0.25) is 11.4 Å². The van der Waals surface area contributed by atoms with Crippen molar-refractivity contribution in [3.63, 3.8) is 0 Å². The Labute approximate surface area is 104 Å². The Morgan fingerprint density at radius 2 is 1.94 bits per heavy atom. The number of para-hydroxylation sites is 1. The van der Waals surface area contributed by atoms with Crippen molar-refractivity contribution in [3.05, 3.63) is 29.8 Å². The summed E-state index contributed by atoms with van der Waals surface area (Å²) in [5, 5.41) is 10.2. The zero-order chi connectivity index (χ0) is 13.5.